The van der Waals surface area contributed by atoms with Gasteiger partial charge in [-0.3, -0.25) is 9.69 Å². The van der Waals surface area contributed by atoms with E-state index in [1.165, 1.54) is 11.1 Å². The first kappa shape index (κ1) is 22.6. The topological polar surface area (TPSA) is 61.4 Å². The Morgan fingerprint density at radius 2 is 1.52 bits per heavy atom. The third-order valence-corrected chi connectivity index (χ3v) is 6.04. The van der Waals surface area contributed by atoms with E-state index >= 15 is 0 Å². The van der Waals surface area contributed by atoms with Crippen LogP contribution in [0.2, 0.25) is 0 Å². The number of carbonyl (C=O) groups excluding carboxylic acids is 2. The summed E-state index contributed by atoms with van der Waals surface area (Å²) in [7, 11) is 0. The Bertz CT molecular complexity index is 1100. The van der Waals surface area contributed by atoms with Crippen LogP contribution in [0.25, 0.3) is 0 Å². The van der Waals surface area contributed by atoms with Crippen molar-refractivity contribution >= 4 is 29.0 Å². The first-order valence-corrected chi connectivity index (χ1v) is 11.6. The van der Waals surface area contributed by atoms with Crippen LogP contribution in [0.15, 0.2) is 72.8 Å². The maximum Gasteiger partial charge on any atom is 0.326 e. The zero-order valence-corrected chi connectivity index (χ0v) is 19.3. The van der Waals surface area contributed by atoms with E-state index in [4.69, 9.17) is 0 Å². The van der Waals surface area contributed by atoms with E-state index < -0.39 is 0 Å². The fourth-order valence-corrected chi connectivity index (χ4v) is 4.14. The van der Waals surface area contributed by atoms with Crippen molar-refractivity contribution in [1.82, 2.24) is 0 Å². The van der Waals surface area contributed by atoms with Gasteiger partial charge in [0.2, 0.25) is 5.91 Å². The molecule has 0 bridgehead atoms. The SMILES string of the molecule is CC(C)c1ccc(NC(=O)Cc2ccc(NC(=O)N3CCCCc4ccccc43)cc2)cc1. The molecule has 3 amide bonds. The zero-order chi connectivity index (χ0) is 23.2. The Labute approximate surface area is 195 Å². The normalized spacial score (nSPS) is 13.2. The predicted molar refractivity (Wildman–Crippen MR) is 135 cm³/mol. The molecule has 0 spiro atoms. The summed E-state index contributed by atoms with van der Waals surface area (Å²) in [6.07, 6.45) is 3.34. The van der Waals surface area contributed by atoms with Crippen LogP contribution in [-0.2, 0) is 17.6 Å². The quantitative estimate of drug-likeness (QED) is 0.483. The number of para-hydroxylation sites is 1. The summed E-state index contributed by atoms with van der Waals surface area (Å²) >= 11 is 0. The summed E-state index contributed by atoms with van der Waals surface area (Å²) in [5.74, 6) is 0.396. The van der Waals surface area contributed by atoms with Crippen molar-refractivity contribution in [3.05, 3.63) is 89.5 Å². The van der Waals surface area contributed by atoms with E-state index in [-0.39, 0.29) is 18.4 Å². The van der Waals surface area contributed by atoms with Gasteiger partial charge < -0.3 is 10.6 Å². The van der Waals surface area contributed by atoms with Crippen LogP contribution in [0.4, 0.5) is 21.9 Å². The van der Waals surface area contributed by atoms with Gasteiger partial charge in [0.15, 0.2) is 0 Å². The second-order valence-corrected chi connectivity index (χ2v) is 8.87. The molecule has 3 aromatic carbocycles. The maximum atomic E-state index is 13.0. The van der Waals surface area contributed by atoms with E-state index in [9.17, 15) is 9.59 Å². The van der Waals surface area contributed by atoms with Gasteiger partial charge in [-0.2, -0.15) is 0 Å². The second-order valence-electron chi connectivity index (χ2n) is 8.87. The van der Waals surface area contributed by atoms with Crippen molar-refractivity contribution in [3.8, 4) is 0 Å². The Morgan fingerprint density at radius 3 is 2.24 bits per heavy atom. The van der Waals surface area contributed by atoms with E-state index in [0.717, 1.165) is 41.9 Å². The molecule has 1 aliphatic rings. The van der Waals surface area contributed by atoms with Crippen molar-refractivity contribution < 1.29 is 9.59 Å². The smallest absolute Gasteiger partial charge is 0.326 e. The highest BCUT2D eigenvalue weighted by Crippen LogP contribution is 2.27. The molecule has 0 saturated heterocycles. The number of carbonyl (C=O) groups is 2. The molecule has 1 aliphatic heterocycles. The van der Waals surface area contributed by atoms with Gasteiger partial charge in [0.1, 0.15) is 0 Å². The molecule has 0 radical (unpaired) electrons. The van der Waals surface area contributed by atoms with Crippen molar-refractivity contribution in [2.24, 2.45) is 0 Å². The number of fused-ring (bicyclic) bond motifs is 1. The Morgan fingerprint density at radius 1 is 0.848 bits per heavy atom. The lowest BCUT2D eigenvalue weighted by molar-refractivity contribution is -0.115. The van der Waals surface area contributed by atoms with Crippen LogP contribution in [0.1, 0.15) is 49.3 Å². The summed E-state index contributed by atoms with van der Waals surface area (Å²) in [4.78, 5) is 27.2. The van der Waals surface area contributed by atoms with Crippen molar-refractivity contribution in [1.29, 1.82) is 0 Å². The minimum Gasteiger partial charge on any atom is -0.326 e. The van der Waals surface area contributed by atoms with Gasteiger partial charge in [-0.05, 0) is 72.2 Å². The number of nitrogens with zero attached hydrogens (tertiary/aromatic N) is 1. The highest BCUT2D eigenvalue weighted by molar-refractivity contribution is 6.02. The molecule has 2 N–H and O–H groups in total. The number of aryl methyl sites for hydroxylation is 1. The van der Waals surface area contributed by atoms with Gasteiger partial charge >= 0.3 is 6.03 Å². The van der Waals surface area contributed by atoms with Crippen molar-refractivity contribution in [2.45, 2.75) is 45.4 Å². The highest BCUT2D eigenvalue weighted by Gasteiger charge is 2.20. The molecule has 0 aliphatic carbocycles. The van der Waals surface area contributed by atoms with Crippen LogP contribution in [0, 0.1) is 0 Å². The zero-order valence-electron chi connectivity index (χ0n) is 19.3. The van der Waals surface area contributed by atoms with Gasteiger partial charge in [-0.1, -0.05) is 56.3 Å². The van der Waals surface area contributed by atoms with Gasteiger partial charge in [0, 0.05) is 23.6 Å². The van der Waals surface area contributed by atoms with E-state index in [1.807, 2.05) is 71.6 Å². The average molecular weight is 442 g/mol. The third kappa shape index (κ3) is 5.80. The number of hydrogen-bond acceptors (Lipinski definition) is 2. The molecule has 0 fully saturated rings. The summed E-state index contributed by atoms with van der Waals surface area (Å²) in [5, 5.41) is 5.95. The summed E-state index contributed by atoms with van der Waals surface area (Å²) in [6, 6.07) is 23.4. The first-order chi connectivity index (χ1) is 16.0. The number of anilines is 3. The Kier molecular flexibility index (Phi) is 7.08. The molecular weight excluding hydrogens is 410 g/mol. The highest BCUT2D eigenvalue weighted by atomic mass is 16.2. The summed E-state index contributed by atoms with van der Waals surface area (Å²) < 4.78 is 0. The molecule has 170 valence electrons. The molecular formula is C28H31N3O2. The lowest BCUT2D eigenvalue weighted by Crippen LogP contribution is -2.35. The van der Waals surface area contributed by atoms with E-state index in [1.54, 1.807) is 0 Å². The van der Waals surface area contributed by atoms with Crippen molar-refractivity contribution in [3.63, 3.8) is 0 Å². The number of nitrogens with one attached hydrogen (secondary N) is 2. The minimum absolute atomic E-state index is 0.0646. The molecule has 0 saturated carbocycles. The van der Waals surface area contributed by atoms with Gasteiger partial charge in [-0.15, -0.1) is 0 Å². The molecule has 0 unspecified atom stereocenters. The molecule has 0 atom stereocenters. The molecule has 5 nitrogen and oxygen atoms in total. The fourth-order valence-electron chi connectivity index (χ4n) is 4.14. The van der Waals surface area contributed by atoms with Crippen LogP contribution >= 0.6 is 0 Å². The third-order valence-electron chi connectivity index (χ3n) is 6.04. The van der Waals surface area contributed by atoms with Gasteiger partial charge in [0.05, 0.1) is 6.42 Å². The molecule has 4 rings (SSSR count). The lowest BCUT2D eigenvalue weighted by Gasteiger charge is -2.23. The monoisotopic (exact) mass is 441 g/mol. The molecule has 1 heterocycles. The number of hydrogen-bond donors (Lipinski definition) is 2. The molecule has 0 aromatic heterocycles. The first-order valence-electron chi connectivity index (χ1n) is 11.6. The van der Waals surface area contributed by atoms with Crippen LogP contribution in [0.5, 0.6) is 0 Å². The molecule has 33 heavy (non-hydrogen) atoms. The fraction of sp³-hybridized carbons (Fsp3) is 0.286. The number of rotatable bonds is 5. The number of benzene rings is 3. The Balaban J connectivity index is 1.34. The number of amides is 3. The average Bonchev–Trinajstić information content (AvgIpc) is 3.03. The predicted octanol–water partition coefficient (Wildman–Crippen LogP) is 6.37. The molecule has 3 aromatic rings. The van der Waals surface area contributed by atoms with Crippen LogP contribution in [-0.4, -0.2) is 18.5 Å². The largest absolute Gasteiger partial charge is 0.326 e. The van der Waals surface area contributed by atoms with Gasteiger partial charge in [-0.25, -0.2) is 4.79 Å². The van der Waals surface area contributed by atoms with Crippen LogP contribution < -0.4 is 15.5 Å². The minimum atomic E-state index is -0.125. The summed E-state index contributed by atoms with van der Waals surface area (Å²) in [6.45, 7) is 5.00. The lowest BCUT2D eigenvalue weighted by atomic mass is 10.0. The van der Waals surface area contributed by atoms with Gasteiger partial charge in [0.25, 0.3) is 0 Å². The Hall–Kier alpha value is -3.60. The van der Waals surface area contributed by atoms with E-state index in [2.05, 4.69) is 30.5 Å². The number of urea groups is 1. The second kappa shape index (κ2) is 10.3. The van der Waals surface area contributed by atoms with Crippen LogP contribution in [0.3, 0.4) is 0 Å². The standard InChI is InChI=1S/C28H31N3O2/c1-20(2)22-12-16-24(17-13-22)29-27(32)19-21-10-14-25(15-11-21)30-28(33)31-18-6-5-8-23-7-3-4-9-26(23)31/h3-4,7,9-17,20H,5-6,8,18-19H2,1-2H3,(H,29,32)(H,30,33). The molecule has 5 heteroatoms. The van der Waals surface area contributed by atoms with Crippen molar-refractivity contribution in [2.75, 3.05) is 22.1 Å². The maximum absolute atomic E-state index is 13.0. The van der Waals surface area contributed by atoms with E-state index in [0.29, 0.717) is 12.5 Å². The summed E-state index contributed by atoms with van der Waals surface area (Å²) in [5.41, 5.74) is 5.85.